The molecule has 0 heterocycles. The minimum Gasteiger partial charge on any atom is -0.480 e. The lowest BCUT2D eigenvalue weighted by Crippen LogP contribution is -2.51. The number of hydrogen-bond donors (Lipinski definition) is 2. The number of benzene rings is 2. The predicted molar refractivity (Wildman–Crippen MR) is 151 cm³/mol. The molecular formula is C30H38N2O4S. The molecule has 0 fully saturated rings. The molecule has 0 saturated carbocycles. The first-order valence-corrected chi connectivity index (χ1v) is 13.7. The van der Waals surface area contributed by atoms with Crippen LogP contribution in [0, 0.1) is 17.8 Å². The fourth-order valence-corrected chi connectivity index (χ4v) is 4.49. The van der Waals surface area contributed by atoms with Crippen LogP contribution in [0.1, 0.15) is 75.0 Å². The Hall–Kier alpha value is -3.24. The second-order valence-electron chi connectivity index (χ2n) is 10.4. The van der Waals surface area contributed by atoms with E-state index < -0.39 is 23.9 Å². The van der Waals surface area contributed by atoms with E-state index in [4.69, 9.17) is 0 Å². The first kappa shape index (κ1) is 30.0. The second-order valence-corrected chi connectivity index (χ2v) is 11.5. The fourth-order valence-electron chi connectivity index (χ4n) is 3.43. The molecule has 2 N–H and O–H groups in total. The Kier molecular flexibility index (Phi) is 11.3. The van der Waals surface area contributed by atoms with E-state index in [1.807, 2.05) is 39.0 Å². The standard InChI is InChI=1S/C30H38N2O4S/c1-7-17-32(29(36)31-26(28(34)35)20-37-19-21(2)3)27(33)24-10-8-9-23(18-24)12-11-22-13-15-25(16-14-22)30(4,5)6/h8-10,13-16,18,21,26H,7,17,19-20H2,1-6H3,(H,31,36)(H,34,35)/t26-/m0/s1. The molecule has 2 aromatic rings. The molecule has 37 heavy (non-hydrogen) atoms. The molecule has 0 spiro atoms. The Labute approximate surface area is 225 Å². The highest BCUT2D eigenvalue weighted by atomic mass is 32.2. The number of hydrogen-bond acceptors (Lipinski definition) is 4. The first-order chi connectivity index (χ1) is 17.4. The number of carbonyl (C=O) groups is 3. The van der Waals surface area contributed by atoms with Gasteiger partial charge in [-0.25, -0.2) is 9.59 Å². The van der Waals surface area contributed by atoms with Crippen LogP contribution in [0.3, 0.4) is 0 Å². The molecule has 0 unspecified atom stereocenters. The van der Waals surface area contributed by atoms with Crippen molar-refractivity contribution < 1.29 is 19.5 Å². The number of aliphatic carboxylic acids is 1. The summed E-state index contributed by atoms with van der Waals surface area (Å²) in [6, 6.07) is 13.1. The van der Waals surface area contributed by atoms with Crippen molar-refractivity contribution in [3.8, 4) is 11.8 Å². The highest BCUT2D eigenvalue weighted by Crippen LogP contribution is 2.22. The van der Waals surface area contributed by atoms with Crippen molar-refractivity contribution in [2.45, 2.75) is 59.4 Å². The van der Waals surface area contributed by atoms with E-state index in [9.17, 15) is 19.5 Å². The Morgan fingerprint density at radius 3 is 2.22 bits per heavy atom. The van der Waals surface area contributed by atoms with Crippen molar-refractivity contribution in [3.63, 3.8) is 0 Å². The van der Waals surface area contributed by atoms with Gasteiger partial charge >= 0.3 is 12.0 Å². The van der Waals surface area contributed by atoms with E-state index in [-0.39, 0.29) is 17.7 Å². The molecule has 0 saturated heterocycles. The van der Waals surface area contributed by atoms with E-state index in [2.05, 4.69) is 50.1 Å². The normalized spacial score (nSPS) is 11.9. The molecule has 0 aromatic heterocycles. The van der Waals surface area contributed by atoms with Gasteiger partial charge in [0.25, 0.3) is 5.91 Å². The van der Waals surface area contributed by atoms with Crippen molar-refractivity contribution in [2.75, 3.05) is 18.1 Å². The molecule has 2 rings (SSSR count). The second kappa shape index (κ2) is 13.9. The summed E-state index contributed by atoms with van der Waals surface area (Å²) in [5.41, 5.74) is 3.13. The van der Waals surface area contributed by atoms with Gasteiger partial charge in [0.05, 0.1) is 0 Å². The monoisotopic (exact) mass is 522 g/mol. The molecule has 0 aliphatic heterocycles. The topological polar surface area (TPSA) is 86.7 Å². The van der Waals surface area contributed by atoms with Gasteiger partial charge in [0.2, 0.25) is 0 Å². The number of thioether (sulfide) groups is 1. The lowest BCUT2D eigenvalue weighted by Gasteiger charge is -2.23. The molecule has 0 aliphatic carbocycles. The minimum atomic E-state index is -1.12. The predicted octanol–water partition coefficient (Wildman–Crippen LogP) is 5.79. The minimum absolute atomic E-state index is 0.0642. The summed E-state index contributed by atoms with van der Waals surface area (Å²) in [5, 5.41) is 12.1. The average Bonchev–Trinajstić information content (AvgIpc) is 2.84. The molecule has 6 nitrogen and oxygen atoms in total. The SMILES string of the molecule is CCCN(C(=O)N[C@@H](CSCC(C)C)C(=O)O)C(=O)c1cccc(C#Cc2ccc(C(C)(C)C)cc2)c1. The number of carbonyl (C=O) groups excluding carboxylic acids is 2. The maximum Gasteiger partial charge on any atom is 0.327 e. The van der Waals surface area contributed by atoms with Gasteiger partial charge in [0.1, 0.15) is 6.04 Å². The number of imide groups is 1. The number of carboxylic acids is 1. The number of rotatable bonds is 9. The van der Waals surface area contributed by atoms with E-state index in [1.165, 1.54) is 17.3 Å². The van der Waals surface area contributed by atoms with Crippen LogP contribution in [-0.4, -0.2) is 52.0 Å². The number of nitrogens with one attached hydrogen (secondary N) is 1. The number of nitrogens with zero attached hydrogens (tertiary/aromatic N) is 1. The van der Waals surface area contributed by atoms with Gasteiger partial charge < -0.3 is 10.4 Å². The Bertz CT molecular complexity index is 1140. The zero-order chi connectivity index (χ0) is 27.6. The van der Waals surface area contributed by atoms with Crippen LogP contribution < -0.4 is 5.32 Å². The van der Waals surface area contributed by atoms with Crippen molar-refractivity contribution in [3.05, 3.63) is 70.8 Å². The van der Waals surface area contributed by atoms with Gasteiger partial charge in [-0.1, -0.05) is 71.6 Å². The molecule has 0 aliphatic rings. The van der Waals surface area contributed by atoms with Crippen LogP contribution >= 0.6 is 11.8 Å². The highest BCUT2D eigenvalue weighted by Gasteiger charge is 2.27. The van der Waals surface area contributed by atoms with E-state index in [0.29, 0.717) is 23.5 Å². The Balaban J connectivity index is 2.18. The third kappa shape index (κ3) is 9.62. The van der Waals surface area contributed by atoms with Gasteiger partial charge in [0, 0.05) is 29.0 Å². The smallest absolute Gasteiger partial charge is 0.327 e. The number of amides is 3. The average molecular weight is 523 g/mol. The van der Waals surface area contributed by atoms with Gasteiger partial charge in [-0.15, -0.1) is 0 Å². The molecule has 198 valence electrons. The molecule has 7 heteroatoms. The third-order valence-electron chi connectivity index (χ3n) is 5.48. The van der Waals surface area contributed by atoms with Gasteiger partial charge in [0.15, 0.2) is 0 Å². The van der Waals surface area contributed by atoms with Crippen LogP contribution in [0.25, 0.3) is 0 Å². The quantitative estimate of drug-likeness (QED) is 0.407. The molecule has 3 amide bonds. The molecule has 2 aromatic carbocycles. The summed E-state index contributed by atoms with van der Waals surface area (Å²) in [6.07, 6.45) is 0.545. The Morgan fingerprint density at radius 2 is 1.65 bits per heavy atom. The molecule has 1 atom stereocenters. The van der Waals surface area contributed by atoms with Crippen molar-refractivity contribution in [1.82, 2.24) is 10.2 Å². The summed E-state index contributed by atoms with van der Waals surface area (Å²) in [5.74, 6) is 6.03. The number of carboxylic acid groups (broad SMARTS) is 1. The van der Waals surface area contributed by atoms with E-state index in [0.717, 1.165) is 16.2 Å². The summed E-state index contributed by atoms with van der Waals surface area (Å²) < 4.78 is 0. The summed E-state index contributed by atoms with van der Waals surface area (Å²) >= 11 is 1.46. The van der Waals surface area contributed by atoms with Crippen LogP contribution in [0.4, 0.5) is 4.79 Å². The van der Waals surface area contributed by atoms with Crippen LogP contribution in [-0.2, 0) is 10.2 Å². The summed E-state index contributed by atoms with van der Waals surface area (Å²) in [6.45, 7) is 12.6. The largest absolute Gasteiger partial charge is 0.480 e. The first-order valence-electron chi connectivity index (χ1n) is 12.6. The van der Waals surface area contributed by atoms with Crippen LogP contribution in [0.2, 0.25) is 0 Å². The summed E-state index contributed by atoms with van der Waals surface area (Å²) in [4.78, 5) is 39.0. The van der Waals surface area contributed by atoms with E-state index >= 15 is 0 Å². The lowest BCUT2D eigenvalue weighted by atomic mass is 9.87. The van der Waals surface area contributed by atoms with Gasteiger partial charge in [-0.2, -0.15) is 11.8 Å². The van der Waals surface area contributed by atoms with Crippen molar-refractivity contribution in [2.24, 2.45) is 5.92 Å². The van der Waals surface area contributed by atoms with Crippen molar-refractivity contribution >= 4 is 29.7 Å². The maximum absolute atomic E-state index is 13.3. The maximum atomic E-state index is 13.3. The molecule has 0 bridgehead atoms. The third-order valence-corrected chi connectivity index (χ3v) is 6.95. The molecular weight excluding hydrogens is 484 g/mol. The highest BCUT2D eigenvalue weighted by molar-refractivity contribution is 7.99. The van der Waals surface area contributed by atoms with Crippen LogP contribution in [0.15, 0.2) is 48.5 Å². The van der Waals surface area contributed by atoms with Crippen LogP contribution in [0.5, 0.6) is 0 Å². The zero-order valence-corrected chi connectivity index (χ0v) is 23.4. The zero-order valence-electron chi connectivity index (χ0n) is 22.6. The van der Waals surface area contributed by atoms with Gasteiger partial charge in [-0.3, -0.25) is 9.69 Å². The summed E-state index contributed by atoms with van der Waals surface area (Å²) in [7, 11) is 0. The van der Waals surface area contributed by atoms with E-state index in [1.54, 1.807) is 18.2 Å². The Morgan fingerprint density at radius 1 is 1.00 bits per heavy atom. The van der Waals surface area contributed by atoms with Crippen molar-refractivity contribution in [1.29, 1.82) is 0 Å². The lowest BCUT2D eigenvalue weighted by molar-refractivity contribution is -0.138. The van der Waals surface area contributed by atoms with Gasteiger partial charge in [-0.05, 0) is 59.4 Å². The fraction of sp³-hybridized carbons (Fsp3) is 0.433. The number of urea groups is 1. The molecule has 0 radical (unpaired) electrons.